The minimum atomic E-state index is 0.214. The van der Waals surface area contributed by atoms with Crippen LogP contribution in [0.4, 0.5) is 11.8 Å². The van der Waals surface area contributed by atoms with E-state index >= 15 is 0 Å². The van der Waals surface area contributed by atoms with Crippen molar-refractivity contribution in [1.82, 2.24) is 19.9 Å². The first-order chi connectivity index (χ1) is 8.33. The lowest BCUT2D eigenvalue weighted by Crippen LogP contribution is -2.36. The molecular formula is C10H12N6O. The molecule has 1 fully saturated rings. The van der Waals surface area contributed by atoms with Gasteiger partial charge in [0.15, 0.2) is 5.65 Å². The SMILES string of the molecule is Nc1ncc2ncc(N3CCOCC3)nc2n1. The van der Waals surface area contributed by atoms with Gasteiger partial charge in [0.05, 0.1) is 25.6 Å². The molecule has 0 spiro atoms. The maximum absolute atomic E-state index is 5.53. The summed E-state index contributed by atoms with van der Waals surface area (Å²) in [4.78, 5) is 18.8. The highest BCUT2D eigenvalue weighted by Crippen LogP contribution is 2.15. The molecule has 3 heterocycles. The Morgan fingerprint density at radius 1 is 1.12 bits per heavy atom. The number of fused-ring (bicyclic) bond motifs is 1. The summed E-state index contributed by atoms with van der Waals surface area (Å²) in [5.41, 5.74) is 6.71. The van der Waals surface area contributed by atoms with Gasteiger partial charge in [0.25, 0.3) is 0 Å². The molecule has 0 aromatic carbocycles. The Kier molecular flexibility index (Phi) is 2.45. The summed E-state index contributed by atoms with van der Waals surface area (Å²) in [7, 11) is 0. The van der Waals surface area contributed by atoms with Gasteiger partial charge in [-0.15, -0.1) is 0 Å². The average molecular weight is 232 g/mol. The van der Waals surface area contributed by atoms with Crippen molar-refractivity contribution in [3.63, 3.8) is 0 Å². The molecule has 0 radical (unpaired) electrons. The number of rotatable bonds is 1. The Morgan fingerprint density at radius 3 is 2.76 bits per heavy atom. The van der Waals surface area contributed by atoms with E-state index in [1.165, 1.54) is 0 Å². The molecular weight excluding hydrogens is 220 g/mol. The van der Waals surface area contributed by atoms with Crippen LogP contribution in [0.3, 0.4) is 0 Å². The fourth-order valence-corrected chi connectivity index (χ4v) is 1.76. The minimum absolute atomic E-state index is 0.214. The van der Waals surface area contributed by atoms with Crippen LogP contribution in [0.2, 0.25) is 0 Å². The quantitative estimate of drug-likeness (QED) is 0.730. The minimum Gasteiger partial charge on any atom is -0.378 e. The Hall–Kier alpha value is -2.02. The second kappa shape index (κ2) is 4.10. The van der Waals surface area contributed by atoms with E-state index in [1.807, 2.05) is 0 Å². The van der Waals surface area contributed by atoms with E-state index in [0.29, 0.717) is 24.4 Å². The van der Waals surface area contributed by atoms with E-state index in [0.717, 1.165) is 18.9 Å². The van der Waals surface area contributed by atoms with E-state index in [2.05, 4.69) is 24.8 Å². The number of hydrogen-bond acceptors (Lipinski definition) is 7. The Labute approximate surface area is 97.7 Å². The molecule has 88 valence electrons. The number of morpholine rings is 1. The predicted octanol–water partition coefficient (Wildman–Crippen LogP) is -0.161. The number of nitrogen functional groups attached to an aromatic ring is 1. The zero-order valence-corrected chi connectivity index (χ0v) is 9.20. The lowest BCUT2D eigenvalue weighted by atomic mass is 10.4. The summed E-state index contributed by atoms with van der Waals surface area (Å²) in [6.45, 7) is 3.07. The first kappa shape index (κ1) is 10.2. The highest BCUT2D eigenvalue weighted by atomic mass is 16.5. The topological polar surface area (TPSA) is 90.0 Å². The highest BCUT2D eigenvalue weighted by molar-refractivity contribution is 5.71. The van der Waals surface area contributed by atoms with Crippen molar-refractivity contribution in [2.75, 3.05) is 36.9 Å². The molecule has 0 amide bonds. The Morgan fingerprint density at radius 2 is 1.94 bits per heavy atom. The van der Waals surface area contributed by atoms with E-state index in [-0.39, 0.29) is 5.95 Å². The molecule has 1 aliphatic heterocycles. The molecule has 2 aromatic rings. The summed E-state index contributed by atoms with van der Waals surface area (Å²) >= 11 is 0. The van der Waals surface area contributed by atoms with Gasteiger partial charge in [-0.05, 0) is 0 Å². The highest BCUT2D eigenvalue weighted by Gasteiger charge is 2.13. The van der Waals surface area contributed by atoms with Crippen LogP contribution in [-0.2, 0) is 4.74 Å². The second-order valence-corrected chi connectivity index (χ2v) is 3.76. The van der Waals surface area contributed by atoms with Crippen molar-refractivity contribution in [3.05, 3.63) is 12.4 Å². The molecule has 0 saturated carbocycles. The third-order valence-electron chi connectivity index (χ3n) is 2.64. The lowest BCUT2D eigenvalue weighted by molar-refractivity contribution is 0.122. The van der Waals surface area contributed by atoms with E-state index in [9.17, 15) is 0 Å². The molecule has 17 heavy (non-hydrogen) atoms. The molecule has 1 aliphatic rings. The lowest BCUT2D eigenvalue weighted by Gasteiger charge is -2.27. The van der Waals surface area contributed by atoms with E-state index in [1.54, 1.807) is 12.4 Å². The van der Waals surface area contributed by atoms with Gasteiger partial charge in [-0.1, -0.05) is 0 Å². The molecule has 0 unspecified atom stereocenters. The first-order valence-electron chi connectivity index (χ1n) is 5.41. The number of anilines is 2. The molecule has 2 aromatic heterocycles. The molecule has 0 aliphatic carbocycles. The van der Waals surface area contributed by atoms with Gasteiger partial charge in [0.1, 0.15) is 11.3 Å². The molecule has 7 nitrogen and oxygen atoms in total. The van der Waals surface area contributed by atoms with Crippen molar-refractivity contribution in [2.24, 2.45) is 0 Å². The zero-order chi connectivity index (χ0) is 11.7. The number of nitrogens with zero attached hydrogens (tertiary/aromatic N) is 5. The summed E-state index contributed by atoms with van der Waals surface area (Å²) in [6, 6.07) is 0. The van der Waals surface area contributed by atoms with Crippen molar-refractivity contribution in [1.29, 1.82) is 0 Å². The number of nitrogens with two attached hydrogens (primary N) is 1. The maximum atomic E-state index is 5.53. The smallest absolute Gasteiger partial charge is 0.222 e. The van der Waals surface area contributed by atoms with Crippen LogP contribution in [0.15, 0.2) is 12.4 Å². The summed E-state index contributed by atoms with van der Waals surface area (Å²) in [6.07, 6.45) is 3.31. The van der Waals surface area contributed by atoms with Gasteiger partial charge in [-0.3, -0.25) is 0 Å². The second-order valence-electron chi connectivity index (χ2n) is 3.76. The van der Waals surface area contributed by atoms with Crippen molar-refractivity contribution < 1.29 is 4.74 Å². The standard InChI is InChI=1S/C10H12N6O/c11-10-13-5-7-9(15-10)14-8(6-12-7)16-1-3-17-4-2-16/h5-6H,1-4H2,(H2,11,13,14,15). The van der Waals surface area contributed by atoms with Crippen LogP contribution in [0, 0.1) is 0 Å². The fraction of sp³-hybridized carbons (Fsp3) is 0.400. The van der Waals surface area contributed by atoms with E-state index < -0.39 is 0 Å². The van der Waals surface area contributed by atoms with Crippen LogP contribution < -0.4 is 10.6 Å². The molecule has 2 N–H and O–H groups in total. The van der Waals surface area contributed by atoms with Gasteiger partial charge in [-0.25, -0.2) is 15.0 Å². The molecule has 1 saturated heterocycles. The Balaban J connectivity index is 1.99. The first-order valence-corrected chi connectivity index (χ1v) is 5.41. The van der Waals surface area contributed by atoms with Crippen LogP contribution in [0.5, 0.6) is 0 Å². The van der Waals surface area contributed by atoms with Crippen molar-refractivity contribution in [2.45, 2.75) is 0 Å². The third kappa shape index (κ3) is 1.96. The van der Waals surface area contributed by atoms with Crippen LogP contribution >= 0.6 is 0 Å². The predicted molar refractivity (Wildman–Crippen MR) is 62.6 cm³/mol. The Bertz CT molecular complexity index is 539. The normalized spacial score (nSPS) is 16.4. The van der Waals surface area contributed by atoms with E-state index in [4.69, 9.17) is 10.5 Å². The fourth-order valence-electron chi connectivity index (χ4n) is 1.76. The molecule has 0 bridgehead atoms. The summed E-state index contributed by atoms with van der Waals surface area (Å²) in [5.74, 6) is 1.02. The maximum Gasteiger partial charge on any atom is 0.222 e. The molecule has 0 atom stereocenters. The summed E-state index contributed by atoms with van der Waals surface area (Å²) in [5, 5.41) is 0. The number of hydrogen-bond donors (Lipinski definition) is 1. The van der Waals surface area contributed by atoms with Crippen LogP contribution in [-0.4, -0.2) is 46.2 Å². The largest absolute Gasteiger partial charge is 0.378 e. The third-order valence-corrected chi connectivity index (χ3v) is 2.64. The monoisotopic (exact) mass is 232 g/mol. The molecule has 3 rings (SSSR count). The summed E-state index contributed by atoms with van der Waals surface area (Å²) < 4.78 is 5.29. The van der Waals surface area contributed by atoms with Gasteiger partial charge >= 0.3 is 0 Å². The van der Waals surface area contributed by atoms with Gasteiger partial charge < -0.3 is 15.4 Å². The molecule has 7 heteroatoms. The average Bonchev–Trinajstić information content (AvgIpc) is 2.39. The van der Waals surface area contributed by atoms with Gasteiger partial charge in [-0.2, -0.15) is 4.98 Å². The van der Waals surface area contributed by atoms with Crippen LogP contribution in [0.1, 0.15) is 0 Å². The van der Waals surface area contributed by atoms with Gasteiger partial charge in [0, 0.05) is 13.1 Å². The zero-order valence-electron chi connectivity index (χ0n) is 9.20. The number of aromatic nitrogens is 4. The number of ether oxygens (including phenoxy) is 1. The van der Waals surface area contributed by atoms with Crippen LogP contribution in [0.25, 0.3) is 11.2 Å². The van der Waals surface area contributed by atoms with Gasteiger partial charge in [0.2, 0.25) is 5.95 Å². The van der Waals surface area contributed by atoms with Crippen molar-refractivity contribution in [3.8, 4) is 0 Å². The van der Waals surface area contributed by atoms with Crippen molar-refractivity contribution >= 4 is 22.9 Å².